The fourth-order valence-corrected chi connectivity index (χ4v) is 2.38. The van der Waals surface area contributed by atoms with Crippen LogP contribution in [0.3, 0.4) is 0 Å². The highest BCUT2D eigenvalue weighted by molar-refractivity contribution is 9.10. The van der Waals surface area contributed by atoms with E-state index in [1.807, 2.05) is 19.2 Å². The molecule has 1 atom stereocenters. The van der Waals surface area contributed by atoms with Gasteiger partial charge in [0, 0.05) is 17.6 Å². The van der Waals surface area contributed by atoms with Gasteiger partial charge in [0.25, 0.3) is 0 Å². The molecule has 0 fully saturated rings. The van der Waals surface area contributed by atoms with Gasteiger partial charge in [0.1, 0.15) is 12.1 Å². The van der Waals surface area contributed by atoms with E-state index in [1.165, 1.54) is 5.56 Å². The zero-order valence-corrected chi connectivity index (χ0v) is 12.8. The third kappa shape index (κ3) is 2.38. The minimum Gasteiger partial charge on any atom is -0.363 e. The monoisotopic (exact) mass is 331 g/mol. The largest absolute Gasteiger partial charge is 0.363 e. The lowest BCUT2D eigenvalue weighted by Crippen LogP contribution is -2.08. The van der Waals surface area contributed by atoms with Crippen molar-refractivity contribution in [2.45, 2.75) is 13.0 Å². The molecule has 0 aliphatic heterocycles. The van der Waals surface area contributed by atoms with Gasteiger partial charge in [-0.15, -0.1) is 0 Å². The molecule has 5 nitrogen and oxygen atoms in total. The summed E-state index contributed by atoms with van der Waals surface area (Å²) in [4.78, 5) is 8.55. The van der Waals surface area contributed by atoms with Crippen molar-refractivity contribution in [1.82, 2.24) is 19.7 Å². The first-order valence-corrected chi connectivity index (χ1v) is 7.09. The van der Waals surface area contributed by atoms with Crippen LogP contribution in [0.4, 0.5) is 5.82 Å². The molecule has 2 heterocycles. The Morgan fingerprint density at radius 3 is 2.70 bits per heavy atom. The van der Waals surface area contributed by atoms with E-state index >= 15 is 0 Å². The molecule has 0 saturated carbocycles. The predicted molar refractivity (Wildman–Crippen MR) is 82.5 cm³/mol. The highest BCUT2D eigenvalue weighted by Gasteiger charge is 2.11. The van der Waals surface area contributed by atoms with Crippen molar-refractivity contribution in [2.24, 2.45) is 7.05 Å². The van der Waals surface area contributed by atoms with Gasteiger partial charge in [-0.05, 0) is 24.6 Å². The molecule has 0 aliphatic rings. The molecule has 3 aromatic rings. The summed E-state index contributed by atoms with van der Waals surface area (Å²) in [5.41, 5.74) is 2.02. The van der Waals surface area contributed by atoms with Crippen LogP contribution in [0, 0.1) is 0 Å². The van der Waals surface area contributed by atoms with E-state index in [9.17, 15) is 0 Å². The van der Waals surface area contributed by atoms with Crippen LogP contribution in [-0.2, 0) is 7.05 Å². The van der Waals surface area contributed by atoms with Crippen molar-refractivity contribution >= 4 is 32.8 Å². The quantitative estimate of drug-likeness (QED) is 0.800. The molecule has 1 N–H and O–H groups in total. The smallest absolute Gasteiger partial charge is 0.163 e. The van der Waals surface area contributed by atoms with Gasteiger partial charge in [-0.2, -0.15) is 5.10 Å². The lowest BCUT2D eigenvalue weighted by molar-refractivity contribution is 0.785. The van der Waals surface area contributed by atoms with Crippen molar-refractivity contribution in [1.29, 1.82) is 0 Å². The van der Waals surface area contributed by atoms with Crippen LogP contribution in [0.15, 0.2) is 41.3 Å². The van der Waals surface area contributed by atoms with Crippen LogP contribution in [0.25, 0.3) is 11.0 Å². The number of nitrogens with one attached hydrogen (secondary N) is 1. The molecule has 0 amide bonds. The van der Waals surface area contributed by atoms with Crippen molar-refractivity contribution in [2.75, 3.05) is 5.32 Å². The molecule has 1 aromatic carbocycles. The molecule has 0 saturated heterocycles. The maximum Gasteiger partial charge on any atom is 0.163 e. The predicted octanol–water partition coefficient (Wildman–Crippen LogP) is 3.30. The number of nitrogens with zero attached hydrogens (tertiary/aromatic N) is 4. The van der Waals surface area contributed by atoms with E-state index < -0.39 is 0 Å². The average Bonchev–Trinajstić information content (AvgIpc) is 2.82. The Labute approximate surface area is 125 Å². The number of hydrogen-bond acceptors (Lipinski definition) is 4. The maximum absolute atomic E-state index is 4.32. The topological polar surface area (TPSA) is 55.6 Å². The second kappa shape index (κ2) is 5.20. The zero-order chi connectivity index (χ0) is 14.1. The van der Waals surface area contributed by atoms with Gasteiger partial charge in [-0.25, -0.2) is 9.97 Å². The van der Waals surface area contributed by atoms with Crippen molar-refractivity contribution in [3.63, 3.8) is 0 Å². The highest BCUT2D eigenvalue weighted by atomic mass is 79.9. The second-order valence-electron chi connectivity index (χ2n) is 4.65. The van der Waals surface area contributed by atoms with Gasteiger partial charge in [-0.1, -0.05) is 28.1 Å². The van der Waals surface area contributed by atoms with Crippen LogP contribution in [0.1, 0.15) is 18.5 Å². The number of anilines is 1. The van der Waals surface area contributed by atoms with E-state index in [1.54, 1.807) is 17.2 Å². The first-order valence-electron chi connectivity index (χ1n) is 6.30. The van der Waals surface area contributed by atoms with E-state index in [-0.39, 0.29) is 6.04 Å². The van der Waals surface area contributed by atoms with Crippen molar-refractivity contribution in [3.05, 3.63) is 46.8 Å². The molecule has 6 heteroatoms. The van der Waals surface area contributed by atoms with Crippen LogP contribution >= 0.6 is 15.9 Å². The van der Waals surface area contributed by atoms with Gasteiger partial charge in [0.05, 0.1) is 11.6 Å². The molecule has 102 valence electrons. The molecule has 3 rings (SSSR count). The summed E-state index contributed by atoms with van der Waals surface area (Å²) in [5.74, 6) is 0.804. The minimum absolute atomic E-state index is 0.154. The molecule has 0 unspecified atom stereocenters. The molecule has 20 heavy (non-hydrogen) atoms. The van der Waals surface area contributed by atoms with Gasteiger partial charge in [0.15, 0.2) is 5.65 Å². The summed E-state index contributed by atoms with van der Waals surface area (Å²) >= 11 is 3.44. The third-order valence-corrected chi connectivity index (χ3v) is 3.78. The first kappa shape index (κ1) is 13.1. The number of aromatic nitrogens is 4. The fourth-order valence-electron chi connectivity index (χ4n) is 2.12. The van der Waals surface area contributed by atoms with Crippen LogP contribution in [-0.4, -0.2) is 19.7 Å². The summed E-state index contributed by atoms with van der Waals surface area (Å²) < 4.78 is 2.82. The lowest BCUT2D eigenvalue weighted by Gasteiger charge is -2.15. The van der Waals surface area contributed by atoms with Gasteiger partial charge in [-0.3, -0.25) is 4.68 Å². The van der Waals surface area contributed by atoms with Crippen LogP contribution in [0.2, 0.25) is 0 Å². The number of halogens is 1. The molecule has 0 bridgehead atoms. The Kier molecular flexibility index (Phi) is 3.40. The molecular weight excluding hydrogens is 318 g/mol. The molecular formula is C14H14BrN5. The summed E-state index contributed by atoms with van der Waals surface area (Å²) in [7, 11) is 1.87. The zero-order valence-electron chi connectivity index (χ0n) is 11.2. The van der Waals surface area contributed by atoms with Gasteiger partial charge < -0.3 is 5.32 Å². The van der Waals surface area contributed by atoms with Crippen molar-refractivity contribution < 1.29 is 0 Å². The molecule has 0 spiro atoms. The minimum atomic E-state index is 0.154. The highest BCUT2D eigenvalue weighted by Crippen LogP contribution is 2.24. The van der Waals surface area contributed by atoms with E-state index in [0.717, 1.165) is 21.3 Å². The number of aryl methyl sites for hydroxylation is 1. The van der Waals surface area contributed by atoms with Crippen LogP contribution in [0.5, 0.6) is 0 Å². The maximum atomic E-state index is 4.32. The normalized spacial score (nSPS) is 12.6. The molecule has 2 aromatic heterocycles. The van der Waals surface area contributed by atoms with Crippen LogP contribution < -0.4 is 5.32 Å². The van der Waals surface area contributed by atoms with E-state index in [0.29, 0.717) is 0 Å². The number of fused-ring (bicyclic) bond motifs is 1. The SMILES string of the molecule is C[C@H](Nc1ncnc2c1cnn2C)c1ccc(Br)cc1. The Morgan fingerprint density at radius 1 is 1.20 bits per heavy atom. The Bertz CT molecular complexity index is 735. The second-order valence-corrected chi connectivity index (χ2v) is 5.56. The Morgan fingerprint density at radius 2 is 1.95 bits per heavy atom. The Hall–Kier alpha value is -1.95. The Balaban J connectivity index is 1.91. The summed E-state index contributed by atoms with van der Waals surface area (Å²) in [5, 5.41) is 8.56. The lowest BCUT2D eigenvalue weighted by atomic mass is 10.1. The third-order valence-electron chi connectivity index (χ3n) is 3.25. The number of hydrogen-bond donors (Lipinski definition) is 1. The summed E-state index contributed by atoms with van der Waals surface area (Å²) in [6.07, 6.45) is 3.34. The van der Waals surface area contributed by atoms with Gasteiger partial charge >= 0.3 is 0 Å². The number of rotatable bonds is 3. The average molecular weight is 332 g/mol. The molecule has 0 radical (unpaired) electrons. The van der Waals surface area contributed by atoms with E-state index in [2.05, 4.69) is 55.4 Å². The van der Waals surface area contributed by atoms with E-state index in [4.69, 9.17) is 0 Å². The fraction of sp³-hybridized carbons (Fsp3) is 0.214. The number of benzene rings is 1. The first-order chi connectivity index (χ1) is 9.65. The van der Waals surface area contributed by atoms with Crippen molar-refractivity contribution in [3.8, 4) is 0 Å². The summed E-state index contributed by atoms with van der Waals surface area (Å²) in [6.45, 7) is 2.10. The standard InChI is InChI=1S/C14H14BrN5/c1-9(10-3-5-11(15)6-4-10)19-13-12-7-18-20(2)14(12)17-8-16-13/h3-9H,1-2H3,(H,16,17,19)/t9-/m0/s1. The van der Waals surface area contributed by atoms with Gasteiger partial charge in [0.2, 0.25) is 0 Å². The summed E-state index contributed by atoms with van der Waals surface area (Å²) in [6, 6.07) is 8.40. The molecule has 0 aliphatic carbocycles.